The lowest BCUT2D eigenvalue weighted by atomic mass is 9.54. The topological polar surface area (TPSA) is 183 Å². The number of nitrogens with zero attached hydrogens (tertiary/aromatic N) is 1. The molecule has 3 fully saturated rings. The lowest BCUT2D eigenvalue weighted by molar-refractivity contribution is -0.184. The van der Waals surface area contributed by atoms with Gasteiger partial charge in [0.25, 0.3) is 0 Å². The molecule has 1 amide bonds. The van der Waals surface area contributed by atoms with Gasteiger partial charge in [0.1, 0.15) is 23.2 Å². The summed E-state index contributed by atoms with van der Waals surface area (Å²) in [5.74, 6) is -7.08. The quantitative estimate of drug-likeness (QED) is 0.247. The molecule has 4 aliphatic carbocycles. The molecule has 7 N–H and O–H groups in total. The maximum atomic E-state index is 14.2. The molecule has 0 radical (unpaired) electrons. The van der Waals surface area contributed by atoms with Crippen molar-refractivity contribution in [1.82, 2.24) is 10.2 Å². The van der Waals surface area contributed by atoms with Crippen molar-refractivity contribution in [3.63, 3.8) is 0 Å². The summed E-state index contributed by atoms with van der Waals surface area (Å²) >= 11 is 0. The second-order valence-corrected chi connectivity index (χ2v) is 13.5. The fourth-order valence-corrected chi connectivity index (χ4v) is 8.50. The maximum Gasteiger partial charge on any atom is 0.230 e. The predicted octanol–water partition coefficient (Wildman–Crippen LogP) is 2.23. The molecule has 2 aromatic carbocycles. The summed E-state index contributed by atoms with van der Waals surface area (Å²) in [7, 11) is 4.84. The molecule has 0 bridgehead atoms. The highest BCUT2D eigenvalue weighted by atomic mass is 16.5. The lowest BCUT2D eigenvalue weighted by Gasteiger charge is -2.53. The summed E-state index contributed by atoms with van der Waals surface area (Å²) in [6.45, 7) is 0.670. The van der Waals surface area contributed by atoms with Gasteiger partial charge in [-0.15, -0.1) is 0 Å². The van der Waals surface area contributed by atoms with Gasteiger partial charge in [-0.05, 0) is 80.6 Å². The summed E-state index contributed by atoms with van der Waals surface area (Å²) in [4.78, 5) is 41.6. The van der Waals surface area contributed by atoms with Crippen molar-refractivity contribution in [3.05, 3.63) is 52.6 Å². The van der Waals surface area contributed by atoms with Crippen molar-refractivity contribution in [2.24, 2.45) is 23.5 Å². The average molecular weight is 634 g/mol. The van der Waals surface area contributed by atoms with E-state index in [1.807, 2.05) is 18.2 Å². The Morgan fingerprint density at radius 1 is 1.09 bits per heavy atom. The summed E-state index contributed by atoms with van der Waals surface area (Å²) in [6.07, 6.45) is 4.73. The fraction of sp³-hybridized carbons (Fsp3) is 0.514. The third-order valence-electron chi connectivity index (χ3n) is 10.7. The van der Waals surface area contributed by atoms with Crippen LogP contribution in [-0.2, 0) is 27.3 Å². The highest BCUT2D eigenvalue weighted by Crippen LogP contribution is 2.53. The zero-order valence-electron chi connectivity index (χ0n) is 26.5. The van der Waals surface area contributed by atoms with Crippen molar-refractivity contribution in [1.29, 1.82) is 0 Å². The van der Waals surface area contributed by atoms with Gasteiger partial charge in [-0.25, -0.2) is 0 Å². The van der Waals surface area contributed by atoms with Gasteiger partial charge in [-0.3, -0.25) is 14.4 Å². The first-order valence-corrected chi connectivity index (χ1v) is 16.0. The molecule has 3 saturated carbocycles. The minimum atomic E-state index is -2.69. The van der Waals surface area contributed by atoms with E-state index in [0.29, 0.717) is 29.5 Å². The van der Waals surface area contributed by atoms with Gasteiger partial charge < -0.3 is 41.1 Å². The third kappa shape index (κ3) is 5.00. The van der Waals surface area contributed by atoms with Crippen LogP contribution in [0.15, 0.2) is 35.9 Å². The number of carbonyl (C=O) groups excluding carboxylic acids is 3. The molecule has 246 valence electrons. The number of primary amides is 1. The predicted molar refractivity (Wildman–Crippen MR) is 170 cm³/mol. The van der Waals surface area contributed by atoms with Crippen LogP contribution < -0.4 is 15.8 Å². The first kappa shape index (κ1) is 32.2. The maximum absolute atomic E-state index is 14.2. The van der Waals surface area contributed by atoms with E-state index in [-0.39, 0.29) is 29.7 Å². The molecule has 11 nitrogen and oxygen atoms in total. The number of nitrogens with one attached hydrogen (secondary N) is 1. The number of amides is 1. The summed E-state index contributed by atoms with van der Waals surface area (Å²) in [6, 6.07) is 8.65. The van der Waals surface area contributed by atoms with Crippen LogP contribution in [0.25, 0.3) is 16.9 Å². The van der Waals surface area contributed by atoms with E-state index in [2.05, 4.69) is 5.32 Å². The van der Waals surface area contributed by atoms with E-state index >= 15 is 0 Å². The van der Waals surface area contributed by atoms with E-state index in [4.69, 9.17) is 10.5 Å². The number of phenolic OH excluding ortho intramolecular Hbond substituents is 1. The van der Waals surface area contributed by atoms with Gasteiger partial charge >= 0.3 is 0 Å². The number of likely N-dealkylation sites (N-methyl/N-ethyl adjacent to an activating group) is 1. The Morgan fingerprint density at radius 2 is 1.80 bits per heavy atom. The molecule has 0 aromatic heterocycles. The largest absolute Gasteiger partial charge is 0.507 e. The number of rotatable bonds is 7. The van der Waals surface area contributed by atoms with Crippen molar-refractivity contribution >= 4 is 23.2 Å². The number of aromatic hydroxyl groups is 1. The molecule has 0 spiro atoms. The Hall–Kier alpha value is -3.77. The van der Waals surface area contributed by atoms with Gasteiger partial charge in [-0.1, -0.05) is 31.4 Å². The monoisotopic (exact) mass is 633 g/mol. The van der Waals surface area contributed by atoms with Crippen LogP contribution in [0.3, 0.4) is 0 Å². The molecule has 2 aromatic rings. The van der Waals surface area contributed by atoms with Crippen molar-refractivity contribution in [2.45, 2.75) is 75.3 Å². The molecule has 46 heavy (non-hydrogen) atoms. The van der Waals surface area contributed by atoms with E-state index in [1.165, 1.54) is 25.3 Å². The van der Waals surface area contributed by atoms with Gasteiger partial charge in [0.05, 0.1) is 18.8 Å². The summed E-state index contributed by atoms with van der Waals surface area (Å²) in [5, 5.41) is 49.3. The first-order valence-electron chi connectivity index (χ1n) is 16.0. The average Bonchev–Trinajstić information content (AvgIpc) is 3.02. The van der Waals surface area contributed by atoms with Gasteiger partial charge in [0.15, 0.2) is 11.4 Å². The van der Waals surface area contributed by atoms with Crippen LogP contribution in [0.1, 0.15) is 55.2 Å². The number of methoxy groups -OCH3 is 1. The molecule has 0 aliphatic heterocycles. The van der Waals surface area contributed by atoms with Crippen LogP contribution in [-0.4, -0.2) is 87.8 Å². The van der Waals surface area contributed by atoms with Crippen LogP contribution >= 0.6 is 0 Å². The number of ketones is 2. The molecule has 4 aliphatic rings. The van der Waals surface area contributed by atoms with Crippen molar-refractivity contribution < 1.29 is 39.5 Å². The Bertz CT molecular complexity index is 1610. The number of ether oxygens (including phenoxy) is 1. The number of fused-ring (bicyclic) bond motifs is 3. The lowest BCUT2D eigenvalue weighted by Crippen LogP contribution is -2.73. The molecular formula is C35H43N3O8. The normalized spacial score (nSPS) is 29.7. The highest BCUT2D eigenvalue weighted by Gasteiger charge is 2.67. The number of phenols is 1. The molecular weight excluding hydrogens is 590 g/mol. The molecule has 0 heterocycles. The summed E-state index contributed by atoms with van der Waals surface area (Å²) in [5.41, 5.74) is 5.76. The van der Waals surface area contributed by atoms with E-state index in [9.17, 15) is 34.8 Å². The Labute approximate surface area is 268 Å². The van der Waals surface area contributed by atoms with Gasteiger partial charge in [0.2, 0.25) is 11.7 Å². The summed E-state index contributed by atoms with van der Waals surface area (Å²) < 4.78 is 5.75. The number of hydrogen-bond acceptors (Lipinski definition) is 10. The smallest absolute Gasteiger partial charge is 0.230 e. The minimum absolute atomic E-state index is 0.0471. The van der Waals surface area contributed by atoms with Crippen LogP contribution in [0.5, 0.6) is 11.5 Å². The van der Waals surface area contributed by atoms with Crippen LogP contribution in [0.2, 0.25) is 0 Å². The third-order valence-corrected chi connectivity index (χ3v) is 10.7. The first-order chi connectivity index (χ1) is 21.9. The molecule has 6 rings (SSSR count). The second-order valence-electron chi connectivity index (χ2n) is 13.5. The number of hydrogen-bond donors (Lipinski definition) is 6. The van der Waals surface area contributed by atoms with Crippen molar-refractivity contribution in [3.8, 4) is 22.6 Å². The fourth-order valence-electron chi connectivity index (χ4n) is 8.50. The zero-order chi connectivity index (χ0) is 33.1. The molecule has 6 atom stereocenters. The molecule has 3 unspecified atom stereocenters. The van der Waals surface area contributed by atoms with Gasteiger partial charge in [-0.2, -0.15) is 0 Å². The van der Waals surface area contributed by atoms with E-state index < -0.39 is 58.7 Å². The number of Topliss-reactive ketones (excluding diaryl/α,β-unsaturated/α-hetero) is 2. The Morgan fingerprint density at radius 3 is 2.46 bits per heavy atom. The Balaban J connectivity index is 1.44. The number of benzene rings is 2. The van der Waals surface area contributed by atoms with Crippen LogP contribution in [0, 0.1) is 17.8 Å². The molecule has 11 heteroatoms. The number of aliphatic hydroxyl groups excluding tert-OH is 2. The zero-order valence-corrected chi connectivity index (χ0v) is 26.5. The Kier molecular flexibility index (Phi) is 8.47. The number of nitrogens with two attached hydrogens (primary N) is 1. The van der Waals surface area contributed by atoms with E-state index in [0.717, 1.165) is 24.0 Å². The van der Waals surface area contributed by atoms with Crippen LogP contribution in [0.4, 0.5) is 0 Å². The van der Waals surface area contributed by atoms with E-state index in [1.54, 1.807) is 32.2 Å². The standard InChI is InChI=1S/C35H43N3O8/c1-38(2)29-23-15-18-14-22-20(21-13-17(9-12-25(21)46-3)16-37-19-7-5-4-6-8-19)10-11-24(39)27(22)30(40)26(18)32(42)35(23,45)33(43)28(31(29)41)34(36)44/h9-13,18-19,23,28-29,31,37,39-41,45H,4-8,14-16H2,1-3H3,(H2,36,44)/t18-,23-,28?,29?,31?,35-/m1/s1. The minimum Gasteiger partial charge on any atom is -0.507 e. The highest BCUT2D eigenvalue weighted by molar-refractivity contribution is 6.25. The molecule has 0 saturated heterocycles. The van der Waals surface area contributed by atoms with Crippen molar-refractivity contribution in [2.75, 3.05) is 21.2 Å². The van der Waals surface area contributed by atoms with Gasteiger partial charge in [0, 0.05) is 35.7 Å². The second kappa shape index (κ2) is 12.1. The number of aliphatic hydroxyl groups is 3. The number of carbonyl (C=O) groups is 3. The SMILES string of the molecule is COc1ccc(CNC2CCCCC2)cc1-c1ccc(O)c2c1C[C@@H]1C[C@@H]3C(N(C)C)C(O)C(C(N)=O)C(=O)[C@]3(O)C(=O)C1=C2O.